The number of carbonyl (C=O) groups excluding carboxylic acids is 1. The first-order valence-electron chi connectivity index (χ1n) is 5.26. The minimum absolute atomic E-state index is 0.150. The highest BCUT2D eigenvalue weighted by molar-refractivity contribution is 6.04. The van der Waals surface area contributed by atoms with Crippen LogP contribution < -0.4 is 9.97 Å². The van der Waals surface area contributed by atoms with E-state index in [0.717, 1.165) is 0 Å². The summed E-state index contributed by atoms with van der Waals surface area (Å²) in [7, 11) is 4.99. The van der Waals surface area contributed by atoms with E-state index in [0.29, 0.717) is 17.0 Å². The van der Waals surface area contributed by atoms with Crippen LogP contribution in [0.4, 0.5) is 5.69 Å². The lowest BCUT2D eigenvalue weighted by Crippen LogP contribution is -2.11. The van der Waals surface area contributed by atoms with Crippen LogP contribution in [0.3, 0.4) is 0 Å². The highest BCUT2D eigenvalue weighted by Gasteiger charge is 2.05. The minimum Gasteiger partial charge on any atom is -0.568 e. The Hall–Kier alpha value is -2.43. The van der Waals surface area contributed by atoms with Gasteiger partial charge in [-0.05, 0) is 48.5 Å². The summed E-state index contributed by atoms with van der Waals surface area (Å²) in [6.07, 6.45) is 0. The maximum atomic E-state index is 11.9. The summed E-state index contributed by atoms with van der Waals surface area (Å²) in [5.74, 6) is 0.387. The topological polar surface area (TPSA) is 58.6 Å². The lowest BCUT2D eigenvalue weighted by Gasteiger charge is -2.06. The van der Waals surface area contributed by atoms with Crippen LogP contribution in [-0.4, -0.2) is 19.1 Å². The second-order valence-corrected chi connectivity index (χ2v) is 3.64. The second kappa shape index (κ2) is 5.27. The number of hydrogen-bond donors (Lipinski definition) is 2. The number of phenolic OH excluding ortho intramolecular Hbond substituents is 1. The molecule has 0 aliphatic carbocycles. The lowest BCUT2D eigenvalue weighted by atomic mass is 10.2. The highest BCUT2D eigenvalue weighted by atomic mass is 16.4. The van der Waals surface area contributed by atoms with Crippen LogP contribution in [0, 0.1) is 0 Å². The van der Waals surface area contributed by atoms with Gasteiger partial charge in [-0.25, -0.2) is 0 Å². The van der Waals surface area contributed by atoms with Gasteiger partial charge in [0.05, 0.1) is 5.75 Å². The van der Waals surface area contributed by atoms with E-state index in [1.165, 1.54) is 12.1 Å². The molecule has 0 aliphatic heterocycles. The van der Waals surface area contributed by atoms with E-state index in [-0.39, 0.29) is 11.7 Å². The summed E-state index contributed by atoms with van der Waals surface area (Å²) >= 11 is 0. The summed E-state index contributed by atoms with van der Waals surface area (Å²) in [6.45, 7) is 0. The van der Waals surface area contributed by atoms with Crippen molar-refractivity contribution >= 4 is 19.6 Å². The Bertz CT molecular complexity index is 537. The molecule has 0 fully saturated rings. The number of carbonyl (C=O) groups is 1. The largest absolute Gasteiger partial charge is 0.568 e. The molecule has 1 amide bonds. The molecule has 0 unspecified atom stereocenters. The van der Waals surface area contributed by atoms with Crippen molar-refractivity contribution in [1.82, 2.24) is 0 Å². The van der Waals surface area contributed by atoms with Gasteiger partial charge in [0.1, 0.15) is 5.75 Å². The van der Waals surface area contributed by atoms with Gasteiger partial charge in [0.25, 0.3) is 5.91 Å². The quantitative estimate of drug-likeness (QED) is 0.636. The first-order valence-corrected chi connectivity index (χ1v) is 5.26. The van der Waals surface area contributed by atoms with Gasteiger partial charge in [0.2, 0.25) is 0 Å². The fourth-order valence-corrected chi connectivity index (χ4v) is 1.43. The Kier molecular flexibility index (Phi) is 3.53. The fraction of sp³-hybridized carbons (Fsp3) is 0. The van der Waals surface area contributed by atoms with E-state index >= 15 is 0 Å². The van der Waals surface area contributed by atoms with Crippen LogP contribution >= 0.6 is 0 Å². The molecule has 88 valence electrons. The Morgan fingerprint density at radius 1 is 1.06 bits per heavy atom. The maximum absolute atomic E-state index is 11.9. The van der Waals surface area contributed by atoms with Crippen LogP contribution in [0.25, 0.3) is 0 Å². The van der Waals surface area contributed by atoms with E-state index in [1.807, 2.05) is 0 Å². The molecule has 0 heterocycles. The number of benzene rings is 2. The Morgan fingerprint density at radius 3 is 2.22 bits per heavy atom. The SMILES string of the molecule is [B]Oc1ccc(C(=O)Nc2ccc(O)cc2)cc1. The third kappa shape index (κ3) is 2.82. The molecule has 0 aliphatic rings. The van der Waals surface area contributed by atoms with Crippen LogP contribution in [0.2, 0.25) is 0 Å². The van der Waals surface area contributed by atoms with Crippen molar-refractivity contribution in [3.8, 4) is 11.5 Å². The van der Waals surface area contributed by atoms with Gasteiger partial charge in [0, 0.05) is 11.3 Å². The molecule has 0 spiro atoms. The molecule has 4 nitrogen and oxygen atoms in total. The smallest absolute Gasteiger partial charge is 0.374 e. The molecular weight excluding hydrogens is 229 g/mol. The lowest BCUT2D eigenvalue weighted by molar-refractivity contribution is 0.102. The molecule has 2 aromatic carbocycles. The summed E-state index contributed by atoms with van der Waals surface area (Å²) in [5.41, 5.74) is 1.10. The van der Waals surface area contributed by atoms with Crippen LogP contribution in [-0.2, 0) is 0 Å². The molecule has 0 atom stereocenters. The molecule has 18 heavy (non-hydrogen) atoms. The third-order valence-electron chi connectivity index (χ3n) is 2.38. The Morgan fingerprint density at radius 2 is 1.67 bits per heavy atom. The highest BCUT2D eigenvalue weighted by Crippen LogP contribution is 2.16. The molecule has 0 saturated heterocycles. The van der Waals surface area contributed by atoms with E-state index < -0.39 is 0 Å². The first-order chi connectivity index (χ1) is 8.69. The maximum Gasteiger partial charge on any atom is 0.374 e. The third-order valence-corrected chi connectivity index (χ3v) is 2.38. The van der Waals surface area contributed by atoms with Crippen molar-refractivity contribution in [2.75, 3.05) is 5.32 Å². The van der Waals surface area contributed by atoms with Crippen LogP contribution in [0.1, 0.15) is 10.4 Å². The number of rotatable bonds is 3. The zero-order valence-electron chi connectivity index (χ0n) is 9.46. The second-order valence-electron chi connectivity index (χ2n) is 3.64. The summed E-state index contributed by atoms with van der Waals surface area (Å²) < 4.78 is 4.52. The monoisotopic (exact) mass is 239 g/mol. The van der Waals surface area contributed by atoms with Gasteiger partial charge in [-0.15, -0.1) is 0 Å². The van der Waals surface area contributed by atoms with Crippen molar-refractivity contribution in [3.63, 3.8) is 0 Å². The van der Waals surface area contributed by atoms with E-state index in [1.54, 1.807) is 36.4 Å². The normalized spacial score (nSPS) is 9.78. The first kappa shape index (κ1) is 12.0. The van der Waals surface area contributed by atoms with E-state index in [2.05, 4.69) is 9.97 Å². The fourth-order valence-electron chi connectivity index (χ4n) is 1.43. The van der Waals surface area contributed by atoms with Crippen molar-refractivity contribution in [3.05, 3.63) is 54.1 Å². The van der Waals surface area contributed by atoms with E-state index in [4.69, 9.17) is 13.2 Å². The van der Waals surface area contributed by atoms with Gasteiger partial charge < -0.3 is 15.1 Å². The summed E-state index contributed by atoms with van der Waals surface area (Å²) in [5, 5.41) is 11.8. The molecule has 2 aromatic rings. The van der Waals surface area contributed by atoms with E-state index in [9.17, 15) is 4.79 Å². The molecule has 0 aromatic heterocycles. The average Bonchev–Trinajstić information content (AvgIpc) is 2.41. The van der Waals surface area contributed by atoms with Gasteiger partial charge >= 0.3 is 8.05 Å². The van der Waals surface area contributed by atoms with Gasteiger partial charge in [-0.2, -0.15) is 0 Å². The van der Waals surface area contributed by atoms with Crippen LogP contribution in [0.15, 0.2) is 48.5 Å². The molecule has 2 radical (unpaired) electrons. The summed E-state index contributed by atoms with van der Waals surface area (Å²) in [6, 6.07) is 12.7. The van der Waals surface area contributed by atoms with Gasteiger partial charge in [-0.1, -0.05) is 0 Å². The van der Waals surface area contributed by atoms with Crippen molar-refractivity contribution in [2.24, 2.45) is 0 Å². The standard InChI is InChI=1S/C13H10BNO3/c14-18-12-7-1-9(2-8-12)13(17)15-10-3-5-11(16)6-4-10/h1-8,16H,(H,15,17). The predicted octanol–water partition coefficient (Wildman–Crippen LogP) is 2.11. The zero-order valence-corrected chi connectivity index (χ0v) is 9.46. The number of anilines is 1. The predicted molar refractivity (Wildman–Crippen MR) is 68.9 cm³/mol. The molecule has 5 heteroatoms. The van der Waals surface area contributed by atoms with Crippen molar-refractivity contribution < 1.29 is 14.6 Å². The molecule has 2 rings (SSSR count). The number of hydrogen-bond acceptors (Lipinski definition) is 3. The average molecular weight is 239 g/mol. The van der Waals surface area contributed by atoms with Crippen molar-refractivity contribution in [1.29, 1.82) is 0 Å². The summed E-state index contributed by atoms with van der Waals surface area (Å²) in [4.78, 5) is 11.9. The number of amides is 1. The van der Waals surface area contributed by atoms with Gasteiger partial charge in [-0.3, -0.25) is 4.79 Å². The molecule has 2 N–H and O–H groups in total. The van der Waals surface area contributed by atoms with Crippen molar-refractivity contribution in [2.45, 2.75) is 0 Å². The molecular formula is C13H10BNO3. The number of phenols is 1. The van der Waals surface area contributed by atoms with Crippen LogP contribution in [0.5, 0.6) is 11.5 Å². The Labute approximate surface area is 106 Å². The number of aromatic hydroxyl groups is 1. The molecule has 0 bridgehead atoms. The van der Waals surface area contributed by atoms with Gasteiger partial charge in [0.15, 0.2) is 0 Å². The molecule has 0 saturated carbocycles. The Balaban J connectivity index is 2.09. The zero-order chi connectivity index (χ0) is 13.0. The minimum atomic E-state index is -0.246. The number of nitrogens with one attached hydrogen (secondary N) is 1.